The molecule has 3 heterocycles. The number of halogens is 1. The Bertz CT molecular complexity index is 1320. The van der Waals surface area contributed by atoms with Gasteiger partial charge in [-0.25, -0.2) is 4.98 Å². The summed E-state index contributed by atoms with van der Waals surface area (Å²) in [6, 6.07) is 10.4. The van der Waals surface area contributed by atoms with Crippen molar-refractivity contribution in [2.45, 2.75) is 58.4 Å². The van der Waals surface area contributed by atoms with E-state index in [-0.39, 0.29) is 5.91 Å². The Morgan fingerprint density at radius 2 is 1.92 bits per heavy atom. The van der Waals surface area contributed by atoms with Crippen molar-refractivity contribution < 1.29 is 4.79 Å². The first-order valence-corrected chi connectivity index (χ1v) is 12.9. The minimum Gasteiger partial charge on any atom is -0.365 e. The van der Waals surface area contributed by atoms with E-state index in [1.165, 1.54) is 29.5 Å². The van der Waals surface area contributed by atoms with Crippen molar-refractivity contribution in [2.24, 2.45) is 0 Å². The maximum Gasteiger partial charge on any atom is 0.234 e. The molecule has 2 aliphatic heterocycles. The highest BCUT2D eigenvalue weighted by atomic mass is 35.5. The number of rotatable bonds is 6. The summed E-state index contributed by atoms with van der Waals surface area (Å²) in [7, 11) is 0. The zero-order chi connectivity index (χ0) is 25.4. The molecule has 5 rings (SSSR count). The standard InChI is InChI=1S/C28H33ClN6O/c1-16-13-23(17(2)12-20(16)18-8-10-30-11-9-18)34-27-32-15-21(29)25(35-27)31-14-19-6-5-7-22-24(19)28(3,4)26(36)33-22/h5-7,12-13,15,18,30H,8-11,14H2,1-4H3,(H,33,36)(H2,31,32,34,35). The molecule has 2 aliphatic rings. The summed E-state index contributed by atoms with van der Waals surface area (Å²) in [5.41, 5.74) is 7.18. The fourth-order valence-electron chi connectivity index (χ4n) is 5.38. The number of nitrogens with one attached hydrogen (secondary N) is 4. The third kappa shape index (κ3) is 4.65. The summed E-state index contributed by atoms with van der Waals surface area (Å²) < 4.78 is 0. The van der Waals surface area contributed by atoms with Crippen molar-refractivity contribution in [3.8, 4) is 0 Å². The van der Waals surface area contributed by atoms with Crippen molar-refractivity contribution in [3.63, 3.8) is 0 Å². The second kappa shape index (κ2) is 9.71. The second-order valence-corrected chi connectivity index (χ2v) is 10.7. The van der Waals surface area contributed by atoms with Gasteiger partial charge in [0.05, 0.1) is 11.6 Å². The molecule has 0 spiro atoms. The van der Waals surface area contributed by atoms with Crippen molar-refractivity contribution >= 4 is 40.6 Å². The molecular weight excluding hydrogens is 472 g/mol. The van der Waals surface area contributed by atoms with Gasteiger partial charge < -0.3 is 21.3 Å². The van der Waals surface area contributed by atoms with E-state index in [4.69, 9.17) is 11.6 Å². The minimum atomic E-state index is -0.592. The zero-order valence-corrected chi connectivity index (χ0v) is 22.0. The average Bonchev–Trinajstić information content (AvgIpc) is 3.10. The van der Waals surface area contributed by atoms with Gasteiger partial charge >= 0.3 is 0 Å². The van der Waals surface area contributed by atoms with Crippen LogP contribution in [0.15, 0.2) is 36.5 Å². The van der Waals surface area contributed by atoms with E-state index in [2.05, 4.69) is 57.2 Å². The van der Waals surface area contributed by atoms with Gasteiger partial charge in [-0.2, -0.15) is 4.98 Å². The number of aromatic nitrogens is 2. The van der Waals surface area contributed by atoms with E-state index in [0.717, 1.165) is 35.6 Å². The third-order valence-corrected chi connectivity index (χ3v) is 7.70. The van der Waals surface area contributed by atoms with Gasteiger partial charge in [0.15, 0.2) is 5.82 Å². The van der Waals surface area contributed by atoms with Crippen molar-refractivity contribution in [3.05, 3.63) is 69.4 Å². The Balaban J connectivity index is 1.34. The molecule has 2 aromatic carbocycles. The molecule has 0 atom stereocenters. The number of hydrogen-bond acceptors (Lipinski definition) is 6. The summed E-state index contributed by atoms with van der Waals surface area (Å²) >= 11 is 6.44. The van der Waals surface area contributed by atoms with Gasteiger partial charge in [0.2, 0.25) is 11.9 Å². The molecule has 7 nitrogen and oxygen atoms in total. The Kier molecular flexibility index (Phi) is 6.62. The molecular formula is C28H33ClN6O. The largest absolute Gasteiger partial charge is 0.365 e. The van der Waals surface area contributed by atoms with Crippen LogP contribution in [0.25, 0.3) is 0 Å². The van der Waals surface area contributed by atoms with Crippen molar-refractivity contribution in [1.29, 1.82) is 0 Å². The molecule has 4 N–H and O–H groups in total. The quantitative estimate of drug-likeness (QED) is 0.339. The number of piperidine rings is 1. The molecule has 1 amide bonds. The lowest BCUT2D eigenvalue weighted by atomic mass is 9.83. The molecule has 8 heteroatoms. The highest BCUT2D eigenvalue weighted by Crippen LogP contribution is 2.40. The first-order chi connectivity index (χ1) is 17.2. The first kappa shape index (κ1) is 24.5. The van der Waals surface area contributed by atoms with Gasteiger partial charge in [-0.05, 0) is 99.5 Å². The molecule has 0 radical (unpaired) electrons. The number of aryl methyl sites for hydroxylation is 2. The topological polar surface area (TPSA) is 91.0 Å². The number of anilines is 4. The highest BCUT2D eigenvalue weighted by Gasteiger charge is 2.39. The molecule has 0 saturated carbocycles. The van der Waals surface area contributed by atoms with Crippen LogP contribution >= 0.6 is 11.6 Å². The lowest BCUT2D eigenvalue weighted by Gasteiger charge is -2.25. The van der Waals surface area contributed by atoms with Crippen LogP contribution in [0.2, 0.25) is 5.02 Å². The lowest BCUT2D eigenvalue weighted by molar-refractivity contribution is -0.119. The molecule has 1 saturated heterocycles. The predicted molar refractivity (Wildman–Crippen MR) is 147 cm³/mol. The van der Waals surface area contributed by atoms with E-state index in [9.17, 15) is 4.79 Å². The Labute approximate surface area is 217 Å². The van der Waals surface area contributed by atoms with E-state index in [1.54, 1.807) is 6.20 Å². The maximum absolute atomic E-state index is 12.4. The maximum atomic E-state index is 12.4. The number of amides is 1. The van der Waals surface area contributed by atoms with E-state index in [1.807, 2.05) is 32.0 Å². The van der Waals surface area contributed by atoms with Crippen LogP contribution in [0.1, 0.15) is 60.4 Å². The van der Waals surface area contributed by atoms with Crippen LogP contribution < -0.4 is 21.3 Å². The molecule has 1 aromatic heterocycles. The van der Waals surface area contributed by atoms with E-state index >= 15 is 0 Å². The smallest absolute Gasteiger partial charge is 0.234 e. The van der Waals surface area contributed by atoms with Gasteiger partial charge in [-0.3, -0.25) is 4.79 Å². The molecule has 1 fully saturated rings. The second-order valence-electron chi connectivity index (χ2n) is 10.3. The average molecular weight is 505 g/mol. The number of carbonyl (C=O) groups excluding carboxylic acids is 1. The van der Waals surface area contributed by atoms with Crippen LogP contribution in [0.4, 0.5) is 23.1 Å². The molecule has 0 unspecified atom stereocenters. The predicted octanol–water partition coefficient (Wildman–Crippen LogP) is 5.80. The van der Waals surface area contributed by atoms with Crippen LogP contribution in [0, 0.1) is 13.8 Å². The monoisotopic (exact) mass is 504 g/mol. The Hall–Kier alpha value is -3.16. The Morgan fingerprint density at radius 3 is 2.69 bits per heavy atom. The van der Waals surface area contributed by atoms with Crippen LogP contribution in [-0.2, 0) is 16.8 Å². The van der Waals surface area contributed by atoms with Crippen LogP contribution in [0.5, 0.6) is 0 Å². The number of fused-ring (bicyclic) bond motifs is 1. The molecule has 0 bridgehead atoms. The fourth-order valence-corrected chi connectivity index (χ4v) is 5.54. The normalized spacial score (nSPS) is 17.0. The number of benzene rings is 2. The summed E-state index contributed by atoms with van der Waals surface area (Å²) in [5, 5.41) is 13.6. The zero-order valence-electron chi connectivity index (χ0n) is 21.3. The van der Waals surface area contributed by atoms with E-state index in [0.29, 0.717) is 29.3 Å². The van der Waals surface area contributed by atoms with Crippen molar-refractivity contribution in [2.75, 3.05) is 29.0 Å². The summed E-state index contributed by atoms with van der Waals surface area (Å²) in [5.74, 6) is 1.64. The highest BCUT2D eigenvalue weighted by molar-refractivity contribution is 6.32. The van der Waals surface area contributed by atoms with Gasteiger partial charge in [-0.1, -0.05) is 29.8 Å². The number of hydrogen-bond donors (Lipinski definition) is 4. The lowest BCUT2D eigenvalue weighted by Crippen LogP contribution is -2.28. The summed E-state index contributed by atoms with van der Waals surface area (Å²) in [4.78, 5) is 21.5. The fraction of sp³-hybridized carbons (Fsp3) is 0.393. The molecule has 188 valence electrons. The first-order valence-electron chi connectivity index (χ1n) is 12.5. The van der Waals surface area contributed by atoms with Gasteiger partial charge in [0.1, 0.15) is 5.02 Å². The summed E-state index contributed by atoms with van der Waals surface area (Å²) in [6.07, 6.45) is 3.96. The van der Waals surface area contributed by atoms with E-state index < -0.39 is 5.41 Å². The minimum absolute atomic E-state index is 0.00772. The Morgan fingerprint density at radius 1 is 1.14 bits per heavy atom. The third-order valence-electron chi connectivity index (χ3n) is 7.42. The van der Waals surface area contributed by atoms with Crippen LogP contribution in [-0.4, -0.2) is 29.0 Å². The molecule has 3 aromatic rings. The van der Waals surface area contributed by atoms with Crippen molar-refractivity contribution in [1.82, 2.24) is 15.3 Å². The summed E-state index contributed by atoms with van der Waals surface area (Å²) in [6.45, 7) is 10.8. The van der Waals surface area contributed by atoms with Gasteiger partial charge in [-0.15, -0.1) is 0 Å². The van der Waals surface area contributed by atoms with Crippen LogP contribution in [0.3, 0.4) is 0 Å². The molecule has 36 heavy (non-hydrogen) atoms. The van der Waals surface area contributed by atoms with Gasteiger partial charge in [0, 0.05) is 17.9 Å². The van der Waals surface area contributed by atoms with Gasteiger partial charge in [0.25, 0.3) is 0 Å². The SMILES string of the molecule is Cc1cc(C2CCNCC2)c(C)cc1Nc1ncc(Cl)c(NCc2cccc3c2C(C)(C)C(=O)N3)n1. The molecule has 0 aliphatic carbocycles. The number of nitrogens with zero attached hydrogens (tertiary/aromatic N) is 2. The number of carbonyl (C=O) groups is 1.